The predicted molar refractivity (Wildman–Crippen MR) is 124 cm³/mol. The van der Waals surface area contributed by atoms with Crippen LogP contribution in [0.4, 0.5) is 0 Å². The van der Waals surface area contributed by atoms with E-state index in [0.29, 0.717) is 0 Å². The Morgan fingerprint density at radius 1 is 1.12 bits per heavy atom. The molecule has 0 aromatic heterocycles. The van der Waals surface area contributed by atoms with Crippen molar-refractivity contribution in [1.82, 2.24) is 0 Å². The minimum atomic E-state index is -1.23. The number of hydrogen-bond donors (Lipinski definition) is 0. The Morgan fingerprint density at radius 2 is 1.82 bits per heavy atom. The van der Waals surface area contributed by atoms with Crippen LogP contribution in [0.25, 0.3) is 0 Å². The van der Waals surface area contributed by atoms with Crippen molar-refractivity contribution in [2.24, 2.45) is 11.8 Å². The van der Waals surface area contributed by atoms with E-state index in [1.165, 1.54) is 0 Å². The quantitative estimate of drug-likeness (QED) is 0.379. The summed E-state index contributed by atoms with van der Waals surface area (Å²) in [6, 6.07) is 14.0. The van der Waals surface area contributed by atoms with Gasteiger partial charge in [0, 0.05) is 12.0 Å². The zero-order valence-electron chi connectivity index (χ0n) is 19.8. The van der Waals surface area contributed by atoms with Crippen LogP contribution in [0.1, 0.15) is 61.4 Å². The molecule has 1 aliphatic heterocycles. The molecule has 2 aromatic carbocycles. The Morgan fingerprint density at radius 3 is 2.53 bits per heavy atom. The molecule has 1 fully saturated rings. The molecule has 0 radical (unpaired) electrons. The lowest BCUT2D eigenvalue weighted by molar-refractivity contribution is -0.164. The monoisotopic (exact) mass is 460 g/mol. The standard InChI is InChI=1S/C28H28O6/c1-6-21(29)33-15(2)14-32-28-19-10-8-7-9-17(19)22(23-24(28)26(31)34-25(23)30)18-12-11-16(13-20(18)28)27(3,4)5/h6-13,15,22-24H,1,14H2,2-5H3. The van der Waals surface area contributed by atoms with Crippen LogP contribution >= 0.6 is 0 Å². The molecular weight excluding hydrogens is 432 g/mol. The third kappa shape index (κ3) is 3.08. The maximum atomic E-state index is 13.2. The third-order valence-corrected chi connectivity index (χ3v) is 7.26. The van der Waals surface area contributed by atoms with Crippen LogP contribution in [0, 0.1) is 11.8 Å². The van der Waals surface area contributed by atoms with Gasteiger partial charge in [0.2, 0.25) is 0 Å². The molecule has 1 saturated heterocycles. The summed E-state index contributed by atoms with van der Waals surface area (Å²) >= 11 is 0. The summed E-state index contributed by atoms with van der Waals surface area (Å²) in [5.74, 6) is -3.40. The normalized spacial score (nSPS) is 27.4. The molecule has 5 atom stereocenters. The lowest BCUT2D eigenvalue weighted by Crippen LogP contribution is -2.55. The van der Waals surface area contributed by atoms with Crippen molar-refractivity contribution in [3.63, 3.8) is 0 Å². The Hall–Kier alpha value is -3.25. The topological polar surface area (TPSA) is 78.9 Å². The maximum Gasteiger partial charge on any atom is 0.330 e. The molecule has 3 aliphatic carbocycles. The highest BCUT2D eigenvalue weighted by atomic mass is 16.6. The zero-order chi connectivity index (χ0) is 24.4. The fraction of sp³-hybridized carbons (Fsp3) is 0.393. The first-order valence-corrected chi connectivity index (χ1v) is 11.6. The van der Waals surface area contributed by atoms with E-state index < -0.39 is 41.4 Å². The van der Waals surface area contributed by atoms with Crippen molar-refractivity contribution in [3.8, 4) is 0 Å². The molecule has 0 spiro atoms. The minimum absolute atomic E-state index is 0.0302. The van der Waals surface area contributed by atoms with Crippen LogP contribution in [0.5, 0.6) is 0 Å². The molecule has 0 amide bonds. The van der Waals surface area contributed by atoms with Gasteiger partial charge in [-0.3, -0.25) is 9.59 Å². The van der Waals surface area contributed by atoms with Crippen molar-refractivity contribution in [2.45, 2.75) is 50.7 Å². The summed E-state index contributed by atoms with van der Waals surface area (Å²) < 4.78 is 17.2. The SMILES string of the molecule is C=CC(=O)OC(C)COC12c3ccccc3C(c3ccc(C(C)(C)C)cc31)C1C(=O)OC(=O)C12. The Bertz CT molecular complexity index is 1220. The number of esters is 3. The fourth-order valence-electron chi connectivity index (χ4n) is 5.79. The number of cyclic esters (lactones) is 2. The number of carbonyl (C=O) groups is 3. The molecule has 0 saturated carbocycles. The molecule has 34 heavy (non-hydrogen) atoms. The van der Waals surface area contributed by atoms with Crippen molar-refractivity contribution in [1.29, 1.82) is 0 Å². The summed E-state index contributed by atoms with van der Waals surface area (Å²) in [7, 11) is 0. The average molecular weight is 461 g/mol. The summed E-state index contributed by atoms with van der Waals surface area (Å²) in [6.45, 7) is 11.6. The van der Waals surface area contributed by atoms with E-state index in [1.54, 1.807) is 6.92 Å². The lowest BCUT2D eigenvalue weighted by atomic mass is 9.52. The van der Waals surface area contributed by atoms with Gasteiger partial charge >= 0.3 is 17.9 Å². The van der Waals surface area contributed by atoms with Crippen molar-refractivity contribution in [3.05, 3.63) is 82.9 Å². The van der Waals surface area contributed by atoms with Crippen LogP contribution in [0.15, 0.2) is 55.1 Å². The smallest absolute Gasteiger partial charge is 0.330 e. The first-order valence-electron chi connectivity index (χ1n) is 11.6. The average Bonchev–Trinajstić information content (AvgIpc) is 3.11. The highest BCUT2D eigenvalue weighted by Gasteiger charge is 2.68. The second-order valence-electron chi connectivity index (χ2n) is 10.4. The van der Waals surface area contributed by atoms with Crippen molar-refractivity contribution < 1.29 is 28.6 Å². The largest absolute Gasteiger partial charge is 0.457 e. The van der Waals surface area contributed by atoms with Crippen LogP contribution in [0.3, 0.4) is 0 Å². The van der Waals surface area contributed by atoms with Gasteiger partial charge in [-0.1, -0.05) is 69.8 Å². The predicted octanol–water partition coefficient (Wildman–Crippen LogP) is 4.14. The molecule has 5 unspecified atom stereocenters. The van der Waals surface area contributed by atoms with Gasteiger partial charge in [0.15, 0.2) is 0 Å². The van der Waals surface area contributed by atoms with Crippen LogP contribution in [-0.2, 0) is 39.6 Å². The van der Waals surface area contributed by atoms with E-state index in [0.717, 1.165) is 33.9 Å². The molecular formula is C28H28O6. The Kier molecular flexibility index (Phi) is 5.06. The first-order chi connectivity index (χ1) is 16.1. The van der Waals surface area contributed by atoms with Gasteiger partial charge in [0.05, 0.1) is 12.5 Å². The van der Waals surface area contributed by atoms with Gasteiger partial charge in [0.1, 0.15) is 17.6 Å². The van der Waals surface area contributed by atoms with Crippen LogP contribution in [-0.4, -0.2) is 30.6 Å². The molecule has 1 heterocycles. The first kappa shape index (κ1) is 22.5. The van der Waals surface area contributed by atoms with Gasteiger partial charge < -0.3 is 14.2 Å². The summed E-state index contributed by atoms with van der Waals surface area (Å²) in [5, 5.41) is 0. The minimum Gasteiger partial charge on any atom is -0.457 e. The summed E-state index contributed by atoms with van der Waals surface area (Å²) in [4.78, 5) is 37.8. The molecule has 2 bridgehead atoms. The van der Waals surface area contributed by atoms with Crippen molar-refractivity contribution >= 4 is 17.9 Å². The van der Waals surface area contributed by atoms with Gasteiger partial charge in [0.25, 0.3) is 0 Å². The number of carbonyl (C=O) groups excluding carboxylic acids is 3. The van der Waals surface area contributed by atoms with E-state index in [4.69, 9.17) is 14.2 Å². The molecule has 6 nitrogen and oxygen atoms in total. The second-order valence-corrected chi connectivity index (χ2v) is 10.4. The van der Waals surface area contributed by atoms with Gasteiger partial charge in [-0.15, -0.1) is 0 Å². The highest BCUT2D eigenvalue weighted by Crippen LogP contribution is 2.64. The molecule has 4 aliphatic rings. The number of rotatable bonds is 5. The molecule has 6 heteroatoms. The number of hydrogen-bond acceptors (Lipinski definition) is 6. The van der Waals surface area contributed by atoms with Gasteiger partial charge in [-0.05, 0) is 40.2 Å². The third-order valence-electron chi connectivity index (χ3n) is 7.26. The van der Waals surface area contributed by atoms with E-state index in [2.05, 4.69) is 45.5 Å². The van der Waals surface area contributed by atoms with E-state index in [1.807, 2.05) is 24.3 Å². The Balaban J connectivity index is 1.73. The van der Waals surface area contributed by atoms with E-state index in [-0.39, 0.29) is 17.9 Å². The number of ether oxygens (including phenoxy) is 3. The molecule has 0 N–H and O–H groups in total. The second kappa shape index (κ2) is 7.64. The summed E-state index contributed by atoms with van der Waals surface area (Å²) in [6.07, 6.45) is 0.511. The fourth-order valence-corrected chi connectivity index (χ4v) is 5.79. The lowest BCUT2D eigenvalue weighted by Gasteiger charge is -2.53. The molecule has 2 aromatic rings. The molecule has 176 valence electrons. The van der Waals surface area contributed by atoms with Crippen LogP contribution < -0.4 is 0 Å². The Labute approximate surface area is 198 Å². The highest BCUT2D eigenvalue weighted by molar-refractivity contribution is 6.00. The van der Waals surface area contributed by atoms with E-state index >= 15 is 0 Å². The van der Waals surface area contributed by atoms with Gasteiger partial charge in [-0.2, -0.15) is 0 Å². The van der Waals surface area contributed by atoms with Crippen LogP contribution in [0.2, 0.25) is 0 Å². The summed E-state index contributed by atoms with van der Waals surface area (Å²) in [5.41, 5.74) is 3.39. The van der Waals surface area contributed by atoms with E-state index in [9.17, 15) is 14.4 Å². The maximum absolute atomic E-state index is 13.2. The number of benzene rings is 2. The van der Waals surface area contributed by atoms with Crippen molar-refractivity contribution in [2.75, 3.05) is 6.61 Å². The molecule has 6 rings (SSSR count). The van der Waals surface area contributed by atoms with Gasteiger partial charge in [-0.25, -0.2) is 4.79 Å². The zero-order valence-corrected chi connectivity index (χ0v) is 19.8.